The maximum Gasteiger partial charge on any atom is 0.225 e. The zero-order chi connectivity index (χ0) is 18.4. The second-order valence-electron chi connectivity index (χ2n) is 6.43. The fourth-order valence-corrected chi connectivity index (χ4v) is 3.11. The van der Waals surface area contributed by atoms with E-state index in [0.717, 1.165) is 23.6 Å². The number of amides is 2. The molecule has 0 spiro atoms. The van der Waals surface area contributed by atoms with Gasteiger partial charge in [0.15, 0.2) is 0 Å². The van der Waals surface area contributed by atoms with Gasteiger partial charge in [0.05, 0.1) is 19.6 Å². The normalized spacial score (nSPS) is 17.2. The van der Waals surface area contributed by atoms with E-state index in [4.69, 9.17) is 4.74 Å². The molecule has 7 heteroatoms. The van der Waals surface area contributed by atoms with Crippen LogP contribution in [0.2, 0.25) is 0 Å². The van der Waals surface area contributed by atoms with E-state index < -0.39 is 0 Å². The molecule has 1 aliphatic heterocycles. The van der Waals surface area contributed by atoms with E-state index in [1.165, 1.54) is 0 Å². The molecular weight excluding hydrogens is 332 g/mol. The first-order chi connectivity index (χ1) is 12.7. The van der Waals surface area contributed by atoms with Gasteiger partial charge in [-0.2, -0.15) is 0 Å². The average molecular weight is 356 g/mol. The molecule has 26 heavy (non-hydrogen) atoms. The third kappa shape index (κ3) is 4.62. The Bertz CT molecular complexity index is 728. The molecule has 2 amide bonds. The Balaban J connectivity index is 1.50. The number of methoxy groups -OCH3 is 1. The van der Waals surface area contributed by atoms with Crippen LogP contribution in [0.4, 0.5) is 0 Å². The Hall–Kier alpha value is -2.83. The van der Waals surface area contributed by atoms with Crippen LogP contribution in [0, 0.1) is 5.92 Å². The van der Waals surface area contributed by atoms with E-state index in [9.17, 15) is 9.59 Å². The highest BCUT2D eigenvalue weighted by Crippen LogP contribution is 2.19. The Morgan fingerprint density at radius 1 is 1.38 bits per heavy atom. The summed E-state index contributed by atoms with van der Waals surface area (Å²) in [4.78, 5) is 33.4. The molecule has 1 aromatic carbocycles. The minimum Gasteiger partial charge on any atom is -0.497 e. The molecule has 0 radical (unpaired) electrons. The Morgan fingerprint density at radius 2 is 2.19 bits per heavy atom. The zero-order valence-corrected chi connectivity index (χ0v) is 14.9. The lowest BCUT2D eigenvalue weighted by molar-refractivity contribution is -0.138. The average Bonchev–Trinajstić information content (AvgIpc) is 3.19. The van der Waals surface area contributed by atoms with Gasteiger partial charge < -0.3 is 19.9 Å². The summed E-state index contributed by atoms with van der Waals surface area (Å²) in [5, 5.41) is 2.89. The van der Waals surface area contributed by atoms with Crippen molar-refractivity contribution in [3.8, 4) is 5.75 Å². The third-order valence-electron chi connectivity index (χ3n) is 4.69. The standard InChI is InChI=1S/C19H24N4O3/c1-26-16-5-2-14(3-6-16)8-11-23-13-15(4-7-18(23)24)19(25)22-12-17-20-9-10-21-17/h2-3,5-6,9-10,15H,4,7-8,11-13H2,1H3,(H,20,21)(H,22,25)/t15-/m0/s1. The van der Waals surface area contributed by atoms with Crippen molar-refractivity contribution in [2.75, 3.05) is 20.2 Å². The van der Waals surface area contributed by atoms with Crippen LogP contribution in [0.3, 0.4) is 0 Å². The van der Waals surface area contributed by atoms with Crippen molar-refractivity contribution in [3.63, 3.8) is 0 Å². The largest absolute Gasteiger partial charge is 0.497 e. The van der Waals surface area contributed by atoms with E-state index in [1.54, 1.807) is 24.4 Å². The number of hydrogen-bond acceptors (Lipinski definition) is 4. The van der Waals surface area contributed by atoms with Gasteiger partial charge >= 0.3 is 0 Å². The molecule has 0 aliphatic carbocycles. The molecule has 2 N–H and O–H groups in total. The lowest BCUT2D eigenvalue weighted by atomic mass is 9.96. The summed E-state index contributed by atoms with van der Waals surface area (Å²) in [6, 6.07) is 7.83. The van der Waals surface area contributed by atoms with Gasteiger partial charge in [-0.25, -0.2) is 4.98 Å². The fraction of sp³-hybridized carbons (Fsp3) is 0.421. The molecule has 2 aromatic rings. The number of likely N-dealkylation sites (tertiary alicyclic amines) is 1. The molecule has 1 atom stereocenters. The monoisotopic (exact) mass is 356 g/mol. The van der Waals surface area contributed by atoms with Crippen molar-refractivity contribution < 1.29 is 14.3 Å². The summed E-state index contributed by atoms with van der Waals surface area (Å²) in [5.74, 6) is 1.47. The molecule has 1 aromatic heterocycles. The number of carbonyl (C=O) groups excluding carboxylic acids is 2. The topological polar surface area (TPSA) is 87.3 Å². The first-order valence-electron chi connectivity index (χ1n) is 8.82. The SMILES string of the molecule is COc1ccc(CCN2C[C@@H](C(=O)NCc3ncc[nH]3)CCC2=O)cc1. The lowest BCUT2D eigenvalue weighted by Gasteiger charge is -2.32. The zero-order valence-electron chi connectivity index (χ0n) is 14.9. The molecule has 0 bridgehead atoms. The maximum absolute atomic E-state index is 12.4. The van der Waals surface area contributed by atoms with Crippen molar-refractivity contribution in [3.05, 3.63) is 48.0 Å². The highest BCUT2D eigenvalue weighted by molar-refractivity contribution is 5.83. The van der Waals surface area contributed by atoms with Gasteiger partial charge in [0.2, 0.25) is 11.8 Å². The number of benzene rings is 1. The minimum atomic E-state index is -0.168. The van der Waals surface area contributed by atoms with Crippen LogP contribution in [0.25, 0.3) is 0 Å². The van der Waals surface area contributed by atoms with E-state index in [-0.39, 0.29) is 17.7 Å². The van der Waals surface area contributed by atoms with Crippen LogP contribution in [-0.2, 0) is 22.6 Å². The quantitative estimate of drug-likeness (QED) is 0.787. The summed E-state index contributed by atoms with van der Waals surface area (Å²) in [6.07, 6.45) is 5.16. The van der Waals surface area contributed by atoms with Gasteiger partial charge in [-0.15, -0.1) is 0 Å². The number of nitrogens with one attached hydrogen (secondary N) is 2. The van der Waals surface area contributed by atoms with E-state index in [0.29, 0.717) is 32.5 Å². The molecule has 2 heterocycles. The van der Waals surface area contributed by atoms with Gasteiger partial charge in [0, 0.05) is 31.9 Å². The predicted octanol–water partition coefficient (Wildman–Crippen LogP) is 1.52. The van der Waals surface area contributed by atoms with Crippen LogP contribution in [0.15, 0.2) is 36.7 Å². The third-order valence-corrected chi connectivity index (χ3v) is 4.69. The van der Waals surface area contributed by atoms with Crippen LogP contribution in [-0.4, -0.2) is 46.9 Å². The van der Waals surface area contributed by atoms with Crippen LogP contribution >= 0.6 is 0 Å². The lowest BCUT2D eigenvalue weighted by Crippen LogP contribution is -2.46. The highest BCUT2D eigenvalue weighted by atomic mass is 16.5. The van der Waals surface area contributed by atoms with E-state index >= 15 is 0 Å². The fourth-order valence-electron chi connectivity index (χ4n) is 3.11. The molecule has 7 nitrogen and oxygen atoms in total. The number of aromatic amines is 1. The van der Waals surface area contributed by atoms with Crippen molar-refractivity contribution in [1.82, 2.24) is 20.2 Å². The van der Waals surface area contributed by atoms with Gasteiger partial charge in [-0.1, -0.05) is 12.1 Å². The number of H-pyrrole nitrogens is 1. The molecule has 0 unspecified atom stereocenters. The number of nitrogens with zero attached hydrogens (tertiary/aromatic N) is 2. The highest BCUT2D eigenvalue weighted by Gasteiger charge is 2.29. The first-order valence-corrected chi connectivity index (χ1v) is 8.82. The molecule has 1 aliphatic rings. The van der Waals surface area contributed by atoms with Gasteiger partial charge in [-0.3, -0.25) is 9.59 Å². The number of piperidine rings is 1. The minimum absolute atomic E-state index is 0.0247. The number of carbonyl (C=O) groups is 2. The molecule has 1 saturated heterocycles. The van der Waals surface area contributed by atoms with Crippen LogP contribution in [0.1, 0.15) is 24.2 Å². The van der Waals surface area contributed by atoms with Gasteiger partial charge in [0.25, 0.3) is 0 Å². The number of aromatic nitrogens is 2. The number of hydrogen-bond donors (Lipinski definition) is 2. The van der Waals surface area contributed by atoms with Crippen LogP contribution in [0.5, 0.6) is 5.75 Å². The van der Waals surface area contributed by atoms with Crippen molar-refractivity contribution in [2.24, 2.45) is 5.92 Å². The van der Waals surface area contributed by atoms with Crippen molar-refractivity contribution in [1.29, 1.82) is 0 Å². The number of imidazole rings is 1. The summed E-state index contributed by atoms with van der Waals surface area (Å²) < 4.78 is 5.16. The second-order valence-corrected chi connectivity index (χ2v) is 6.43. The molecule has 3 rings (SSSR count). The Morgan fingerprint density at radius 3 is 2.88 bits per heavy atom. The van der Waals surface area contributed by atoms with E-state index in [1.807, 2.05) is 24.3 Å². The summed E-state index contributed by atoms with van der Waals surface area (Å²) in [5.41, 5.74) is 1.14. The summed E-state index contributed by atoms with van der Waals surface area (Å²) in [7, 11) is 1.64. The Labute approximate surface area is 152 Å². The number of ether oxygens (including phenoxy) is 1. The van der Waals surface area contributed by atoms with Crippen molar-refractivity contribution >= 4 is 11.8 Å². The number of rotatable bonds is 7. The summed E-state index contributed by atoms with van der Waals surface area (Å²) >= 11 is 0. The molecule has 138 valence electrons. The Kier molecular flexibility index (Phi) is 5.88. The van der Waals surface area contributed by atoms with Crippen LogP contribution < -0.4 is 10.1 Å². The second kappa shape index (κ2) is 8.51. The van der Waals surface area contributed by atoms with Crippen molar-refractivity contribution in [2.45, 2.75) is 25.8 Å². The molecule has 1 fully saturated rings. The maximum atomic E-state index is 12.4. The first kappa shape index (κ1) is 18.0. The van der Waals surface area contributed by atoms with Gasteiger partial charge in [0.1, 0.15) is 11.6 Å². The molecular formula is C19H24N4O3. The van der Waals surface area contributed by atoms with Gasteiger partial charge in [-0.05, 0) is 30.5 Å². The smallest absolute Gasteiger partial charge is 0.225 e. The van der Waals surface area contributed by atoms with E-state index in [2.05, 4.69) is 15.3 Å². The summed E-state index contributed by atoms with van der Waals surface area (Å²) in [6.45, 7) is 1.47. The predicted molar refractivity (Wildman–Crippen MR) is 96.4 cm³/mol. The molecule has 0 saturated carbocycles.